The van der Waals surface area contributed by atoms with E-state index in [4.69, 9.17) is 10.5 Å². The average Bonchev–Trinajstić information content (AvgIpc) is 2.25. The number of ether oxygens (including phenoxy) is 1. The Hall–Kier alpha value is -1.26. The number of carbonyl (C=O) groups is 1. The summed E-state index contributed by atoms with van der Waals surface area (Å²) in [5, 5.41) is 2.73. The van der Waals surface area contributed by atoms with Crippen LogP contribution in [0.3, 0.4) is 0 Å². The molecule has 102 valence electrons. The molecule has 1 aromatic carbocycles. The molecule has 0 aromatic heterocycles. The van der Waals surface area contributed by atoms with Gasteiger partial charge in [-0.3, -0.25) is 4.79 Å². The van der Waals surface area contributed by atoms with E-state index in [-0.39, 0.29) is 24.4 Å². The lowest BCUT2D eigenvalue weighted by Gasteiger charge is -2.16. The molecule has 4 nitrogen and oxygen atoms in total. The summed E-state index contributed by atoms with van der Waals surface area (Å²) in [5.41, 5.74) is 6.59. The van der Waals surface area contributed by atoms with Crippen LogP contribution in [0.1, 0.15) is 19.4 Å². The van der Waals surface area contributed by atoms with E-state index in [1.165, 1.54) is 0 Å². The van der Waals surface area contributed by atoms with Crippen LogP contribution in [-0.4, -0.2) is 24.6 Å². The fourth-order valence-electron chi connectivity index (χ4n) is 1.37. The number of aryl methyl sites for hydroxylation is 1. The maximum absolute atomic E-state index is 11.3. The smallest absolute Gasteiger partial charge is 0.236 e. The molecule has 1 aromatic rings. The van der Waals surface area contributed by atoms with Gasteiger partial charge in [0.2, 0.25) is 5.91 Å². The highest BCUT2D eigenvalue weighted by molar-refractivity contribution is 5.85. The monoisotopic (exact) mass is 272 g/mol. The third kappa shape index (κ3) is 5.89. The molecule has 0 radical (unpaired) electrons. The van der Waals surface area contributed by atoms with Crippen LogP contribution in [0.25, 0.3) is 0 Å². The number of carbonyl (C=O) groups excluding carboxylic acids is 1. The molecule has 1 unspecified atom stereocenters. The first-order chi connectivity index (χ1) is 7.99. The number of hydrogen-bond acceptors (Lipinski definition) is 3. The molecule has 5 heteroatoms. The molecular formula is C13H21ClN2O2. The largest absolute Gasteiger partial charge is 0.489 e. The van der Waals surface area contributed by atoms with Gasteiger partial charge in [-0.05, 0) is 38.5 Å². The first kappa shape index (κ1) is 16.7. The Morgan fingerprint density at radius 3 is 2.67 bits per heavy atom. The highest BCUT2D eigenvalue weighted by atomic mass is 35.5. The molecule has 0 heterocycles. The Morgan fingerprint density at radius 2 is 2.11 bits per heavy atom. The third-order valence-corrected chi connectivity index (χ3v) is 2.30. The van der Waals surface area contributed by atoms with Gasteiger partial charge in [-0.2, -0.15) is 0 Å². The summed E-state index contributed by atoms with van der Waals surface area (Å²) in [7, 11) is 0. The third-order valence-electron chi connectivity index (χ3n) is 2.30. The fourth-order valence-corrected chi connectivity index (χ4v) is 1.37. The van der Waals surface area contributed by atoms with Gasteiger partial charge in [0.05, 0.1) is 12.6 Å². The Labute approximate surface area is 114 Å². The van der Waals surface area contributed by atoms with Crippen LogP contribution in [0.15, 0.2) is 24.3 Å². The van der Waals surface area contributed by atoms with Gasteiger partial charge >= 0.3 is 0 Å². The van der Waals surface area contributed by atoms with E-state index in [1.54, 1.807) is 6.92 Å². The zero-order valence-corrected chi connectivity index (χ0v) is 11.8. The molecule has 0 aliphatic carbocycles. The number of benzene rings is 1. The Bertz CT molecular complexity index is 383. The lowest BCUT2D eigenvalue weighted by Crippen LogP contribution is -2.42. The van der Waals surface area contributed by atoms with E-state index in [0.717, 1.165) is 11.3 Å². The van der Waals surface area contributed by atoms with Crippen molar-refractivity contribution in [3.05, 3.63) is 29.8 Å². The molecule has 3 N–H and O–H groups in total. The van der Waals surface area contributed by atoms with E-state index in [2.05, 4.69) is 5.32 Å². The molecule has 18 heavy (non-hydrogen) atoms. The van der Waals surface area contributed by atoms with Gasteiger partial charge < -0.3 is 15.8 Å². The second-order valence-electron chi connectivity index (χ2n) is 4.28. The number of nitrogens with one attached hydrogen (secondary N) is 1. The number of rotatable bonds is 5. The maximum atomic E-state index is 11.3. The zero-order valence-electron chi connectivity index (χ0n) is 11.0. The van der Waals surface area contributed by atoms with Gasteiger partial charge in [0.25, 0.3) is 0 Å². The first-order valence-electron chi connectivity index (χ1n) is 5.75. The average molecular weight is 273 g/mol. The lowest BCUT2D eigenvalue weighted by atomic mass is 10.2. The predicted molar refractivity (Wildman–Crippen MR) is 75.2 cm³/mol. The van der Waals surface area contributed by atoms with Crippen molar-refractivity contribution in [1.29, 1.82) is 0 Å². The standard InChI is InChI=1S/C13H20N2O2.ClH/c1-9-5-4-6-12(7-9)17-10(2)8-15-13(16)11(3)14;/h4-7,10-11H,8,14H2,1-3H3,(H,15,16);1H/t10?,11-;/m0./s1. The van der Waals surface area contributed by atoms with Crippen molar-refractivity contribution in [3.8, 4) is 5.75 Å². The van der Waals surface area contributed by atoms with Gasteiger partial charge in [0.1, 0.15) is 11.9 Å². The van der Waals surface area contributed by atoms with Crippen molar-refractivity contribution in [3.63, 3.8) is 0 Å². The van der Waals surface area contributed by atoms with Crippen molar-refractivity contribution >= 4 is 18.3 Å². The Kier molecular flexibility index (Phi) is 7.39. The summed E-state index contributed by atoms with van der Waals surface area (Å²) in [6, 6.07) is 7.33. The van der Waals surface area contributed by atoms with Crippen molar-refractivity contribution < 1.29 is 9.53 Å². The molecule has 1 rings (SSSR count). The SMILES string of the molecule is Cc1cccc(OC(C)CNC(=O)[C@H](C)N)c1.Cl. The van der Waals surface area contributed by atoms with Crippen molar-refractivity contribution in [2.45, 2.75) is 32.9 Å². The van der Waals surface area contributed by atoms with Crippen molar-refractivity contribution in [2.75, 3.05) is 6.54 Å². The minimum absolute atomic E-state index is 0. The molecule has 2 atom stereocenters. The lowest BCUT2D eigenvalue weighted by molar-refractivity contribution is -0.122. The number of nitrogens with two attached hydrogens (primary N) is 1. The van der Waals surface area contributed by atoms with E-state index in [1.807, 2.05) is 38.1 Å². The van der Waals surface area contributed by atoms with E-state index >= 15 is 0 Å². The summed E-state index contributed by atoms with van der Waals surface area (Å²) in [6.07, 6.45) is -0.0838. The summed E-state index contributed by atoms with van der Waals surface area (Å²) >= 11 is 0. The van der Waals surface area contributed by atoms with Crippen molar-refractivity contribution in [1.82, 2.24) is 5.32 Å². The summed E-state index contributed by atoms with van der Waals surface area (Å²) < 4.78 is 5.67. The molecule has 1 amide bonds. The molecule has 0 fully saturated rings. The van der Waals surface area contributed by atoms with Crippen LogP contribution in [0.4, 0.5) is 0 Å². The van der Waals surface area contributed by atoms with Crippen LogP contribution in [0, 0.1) is 6.92 Å². The number of hydrogen-bond donors (Lipinski definition) is 2. The van der Waals surface area contributed by atoms with Crippen LogP contribution in [0.5, 0.6) is 5.75 Å². The van der Waals surface area contributed by atoms with Crippen molar-refractivity contribution in [2.24, 2.45) is 5.73 Å². The summed E-state index contributed by atoms with van der Waals surface area (Å²) in [6.45, 7) is 6.02. The minimum Gasteiger partial charge on any atom is -0.489 e. The van der Waals surface area contributed by atoms with Crippen LogP contribution < -0.4 is 15.8 Å². The number of halogens is 1. The highest BCUT2D eigenvalue weighted by Gasteiger charge is 2.09. The quantitative estimate of drug-likeness (QED) is 0.857. The molecule has 0 saturated carbocycles. The maximum Gasteiger partial charge on any atom is 0.236 e. The van der Waals surface area contributed by atoms with Gasteiger partial charge in [0.15, 0.2) is 0 Å². The highest BCUT2D eigenvalue weighted by Crippen LogP contribution is 2.13. The van der Waals surface area contributed by atoms with Crippen LogP contribution in [0.2, 0.25) is 0 Å². The van der Waals surface area contributed by atoms with Gasteiger partial charge in [-0.15, -0.1) is 12.4 Å². The van der Waals surface area contributed by atoms with Crippen LogP contribution >= 0.6 is 12.4 Å². The Morgan fingerprint density at radius 1 is 1.44 bits per heavy atom. The van der Waals surface area contributed by atoms with Gasteiger partial charge in [-0.25, -0.2) is 0 Å². The molecule has 0 aliphatic heterocycles. The fraction of sp³-hybridized carbons (Fsp3) is 0.462. The van der Waals surface area contributed by atoms with E-state index in [9.17, 15) is 4.79 Å². The molecule has 0 spiro atoms. The van der Waals surface area contributed by atoms with Gasteiger partial charge in [0, 0.05) is 0 Å². The van der Waals surface area contributed by atoms with E-state index in [0.29, 0.717) is 6.54 Å². The van der Waals surface area contributed by atoms with E-state index < -0.39 is 6.04 Å². The normalized spacial score (nSPS) is 13.1. The Balaban J connectivity index is 0.00000289. The summed E-state index contributed by atoms with van der Waals surface area (Å²) in [4.78, 5) is 11.3. The molecule has 0 aliphatic rings. The van der Waals surface area contributed by atoms with Crippen LogP contribution in [-0.2, 0) is 4.79 Å². The molecule has 0 bridgehead atoms. The second-order valence-corrected chi connectivity index (χ2v) is 4.28. The first-order valence-corrected chi connectivity index (χ1v) is 5.75. The zero-order chi connectivity index (χ0) is 12.8. The summed E-state index contributed by atoms with van der Waals surface area (Å²) in [5.74, 6) is 0.650. The minimum atomic E-state index is -0.485. The predicted octanol–water partition coefficient (Wildman–Crippen LogP) is 1.65. The molecular weight excluding hydrogens is 252 g/mol. The second kappa shape index (κ2) is 7.95. The molecule has 0 saturated heterocycles. The van der Waals surface area contributed by atoms with Gasteiger partial charge in [-0.1, -0.05) is 12.1 Å². The topological polar surface area (TPSA) is 64.3 Å². The number of amides is 1.